The fraction of sp³-hybridized carbons (Fsp3) is 0.179. The van der Waals surface area contributed by atoms with Gasteiger partial charge in [-0.15, -0.1) is 0 Å². The minimum absolute atomic E-state index is 0.495. The van der Waals surface area contributed by atoms with Gasteiger partial charge in [-0.25, -0.2) is 0 Å². The van der Waals surface area contributed by atoms with Crippen molar-refractivity contribution >= 4 is 89.9 Å². The summed E-state index contributed by atoms with van der Waals surface area (Å²) in [5, 5.41) is 16.2. The molecule has 12 rings (SSSR count). The Balaban J connectivity index is 0.000000109. The molecule has 0 fully saturated rings. The molecule has 290 valence electrons. The van der Waals surface area contributed by atoms with Crippen molar-refractivity contribution in [3.05, 3.63) is 203 Å². The van der Waals surface area contributed by atoms with Crippen LogP contribution in [-0.4, -0.2) is 18.1 Å². The topological polar surface area (TPSA) is 9.23 Å². The molecule has 0 N–H and O–H groups in total. The summed E-state index contributed by atoms with van der Waals surface area (Å²) in [5.41, 5.74) is 9.68. The molecule has 59 heavy (non-hydrogen) atoms. The average Bonchev–Trinajstić information content (AvgIpc) is 3.29. The van der Waals surface area contributed by atoms with Crippen LogP contribution in [0.1, 0.15) is 30.4 Å². The highest BCUT2D eigenvalue weighted by molar-refractivity contribution is 7.59. The van der Waals surface area contributed by atoms with E-state index in [-0.39, 0.29) is 0 Å². The third-order valence-corrected chi connectivity index (χ3v) is 13.4. The van der Waals surface area contributed by atoms with Crippen LogP contribution in [0.3, 0.4) is 0 Å². The lowest BCUT2D eigenvalue weighted by atomic mass is 9.63. The largest absolute Gasteiger partial charge is 0.793 e. The first-order valence-electron chi connectivity index (χ1n) is 21.0. The molecule has 2 unspecified atom stereocenters. The van der Waals surface area contributed by atoms with Gasteiger partial charge >= 0.3 is 0 Å². The maximum absolute atomic E-state index is 5.92. The standard InChI is InChI=1S/C22H22OS.C17H14S.C17H12/c24-14-3-1-2-13-23-15-19-10-9-18-8-7-16-5-4-6-17-11-12-20(19)22(18)21(16)17;18-10-14-7-6-13-5-4-11-2-1-3-12-8-9-15(14)17(13)16(11)12;1-11-5-6-14-8-7-12-3-2-4-13-9-10-15(11)17(14)16(12)13/h4-12,24H,1-3,13-15H2;1-9,16-18H,10H2;2-10H,1H3/p-2. The summed E-state index contributed by atoms with van der Waals surface area (Å²) in [7, 11) is 0. The predicted molar refractivity (Wildman–Crippen MR) is 259 cm³/mol. The minimum Gasteiger partial charge on any atom is -0.793 e. The predicted octanol–water partition coefficient (Wildman–Crippen LogP) is 14.3. The lowest BCUT2D eigenvalue weighted by Gasteiger charge is -2.41. The average molecular weight is 799 g/mol. The molecule has 3 heteroatoms. The van der Waals surface area contributed by atoms with Crippen LogP contribution in [0.15, 0.2) is 192 Å². The molecule has 4 aliphatic rings. The first-order chi connectivity index (χ1) is 29.1. The quantitative estimate of drug-likeness (QED) is 0.0861. The van der Waals surface area contributed by atoms with Crippen molar-refractivity contribution in [3.63, 3.8) is 0 Å². The Bertz CT molecular complexity index is 3060. The molecule has 0 spiro atoms. The van der Waals surface area contributed by atoms with E-state index in [1.807, 2.05) is 0 Å². The van der Waals surface area contributed by atoms with Gasteiger partial charge < -0.3 is 30.0 Å². The molecule has 0 aromatic heterocycles. The van der Waals surface area contributed by atoms with Crippen molar-refractivity contribution in [2.24, 2.45) is 11.8 Å². The van der Waals surface area contributed by atoms with E-state index >= 15 is 0 Å². The minimum atomic E-state index is 0.495. The Labute approximate surface area is 358 Å². The van der Waals surface area contributed by atoms with Gasteiger partial charge in [0.05, 0.1) is 6.61 Å². The van der Waals surface area contributed by atoms with Crippen LogP contribution in [0.25, 0.3) is 64.6 Å². The molecule has 8 aromatic carbocycles. The normalized spacial score (nSPS) is 17.6. The van der Waals surface area contributed by atoms with Crippen LogP contribution in [0.4, 0.5) is 0 Å². The highest BCUT2D eigenvalue weighted by Gasteiger charge is 2.37. The molecule has 0 aliphatic heterocycles. The second-order valence-corrected chi connectivity index (χ2v) is 16.9. The van der Waals surface area contributed by atoms with E-state index in [2.05, 4.69) is 171 Å². The van der Waals surface area contributed by atoms with Crippen molar-refractivity contribution in [3.8, 4) is 0 Å². The second-order valence-electron chi connectivity index (χ2n) is 16.2. The van der Waals surface area contributed by atoms with Crippen molar-refractivity contribution < 1.29 is 4.74 Å². The van der Waals surface area contributed by atoms with E-state index < -0.39 is 0 Å². The summed E-state index contributed by atoms with van der Waals surface area (Å²) in [4.78, 5) is 0. The van der Waals surface area contributed by atoms with Crippen molar-refractivity contribution in [2.45, 2.75) is 32.8 Å². The number of ether oxygens (including phenoxy) is 1. The van der Waals surface area contributed by atoms with E-state index in [4.69, 9.17) is 30.0 Å². The van der Waals surface area contributed by atoms with Gasteiger partial charge in [-0.2, -0.15) is 11.5 Å². The van der Waals surface area contributed by atoms with Crippen LogP contribution in [0, 0.1) is 18.8 Å². The molecule has 4 aliphatic carbocycles. The lowest BCUT2D eigenvalue weighted by molar-refractivity contribution is 0.118. The van der Waals surface area contributed by atoms with E-state index in [1.165, 1.54) is 110 Å². The fourth-order valence-electron chi connectivity index (χ4n) is 9.87. The van der Waals surface area contributed by atoms with Gasteiger partial charge in [0.2, 0.25) is 0 Å². The number of hydrogen-bond donors (Lipinski definition) is 0. The number of benzene rings is 8. The van der Waals surface area contributed by atoms with Crippen LogP contribution >= 0.6 is 0 Å². The Morgan fingerprint density at radius 1 is 0.492 bits per heavy atom. The highest BCUT2D eigenvalue weighted by Crippen LogP contribution is 2.49. The Kier molecular flexibility index (Phi) is 10.5. The summed E-state index contributed by atoms with van der Waals surface area (Å²) < 4.78 is 5.92. The Morgan fingerprint density at radius 2 is 1.05 bits per heavy atom. The van der Waals surface area contributed by atoms with Crippen LogP contribution in [0.5, 0.6) is 0 Å². The number of allylic oxidation sites excluding steroid dienone is 13. The molecule has 1 nitrogen and oxygen atoms in total. The highest BCUT2D eigenvalue weighted by atomic mass is 32.1. The van der Waals surface area contributed by atoms with E-state index in [1.54, 1.807) is 0 Å². The molecule has 0 saturated heterocycles. The molecule has 0 radical (unpaired) electrons. The SMILES string of the molecule is Cc1ccc2ccc3cccc4ccc1c2c34.[S-]CC1=C2C=CC3=CC=CC4=CC=C(C=C1)C2C34.[S-]CCCCCOCc1ccc2ccc3cccc4ccc1c2c34. The maximum atomic E-state index is 5.92. The molecular formula is C56H46OS2-2. The Morgan fingerprint density at radius 3 is 1.73 bits per heavy atom. The number of hydrogen-bond acceptors (Lipinski definition) is 3. The zero-order valence-corrected chi connectivity index (χ0v) is 35.1. The molecule has 8 aromatic rings. The summed E-state index contributed by atoms with van der Waals surface area (Å²) >= 11 is 10.2. The van der Waals surface area contributed by atoms with E-state index in [0.29, 0.717) is 24.2 Å². The van der Waals surface area contributed by atoms with E-state index in [9.17, 15) is 0 Å². The molecule has 0 amide bonds. The van der Waals surface area contributed by atoms with Gasteiger partial charge in [-0.05, 0) is 111 Å². The van der Waals surface area contributed by atoms with Crippen molar-refractivity contribution in [1.29, 1.82) is 0 Å². The van der Waals surface area contributed by atoms with Crippen LogP contribution < -0.4 is 0 Å². The number of aryl methyl sites for hydroxylation is 1. The maximum Gasteiger partial charge on any atom is 0.0722 e. The smallest absolute Gasteiger partial charge is 0.0722 e. The summed E-state index contributed by atoms with van der Waals surface area (Å²) in [6.07, 6.45) is 23.5. The van der Waals surface area contributed by atoms with Crippen molar-refractivity contribution in [1.82, 2.24) is 0 Å². The summed E-state index contributed by atoms with van der Waals surface area (Å²) in [5.74, 6) is 2.57. The summed E-state index contributed by atoms with van der Waals surface area (Å²) in [6.45, 7) is 3.69. The van der Waals surface area contributed by atoms with Gasteiger partial charge in [-0.1, -0.05) is 182 Å². The van der Waals surface area contributed by atoms with Crippen molar-refractivity contribution in [2.75, 3.05) is 18.1 Å². The summed E-state index contributed by atoms with van der Waals surface area (Å²) in [6, 6.07) is 39.8. The van der Waals surface area contributed by atoms with E-state index in [0.717, 1.165) is 25.2 Å². The lowest BCUT2D eigenvalue weighted by Crippen LogP contribution is -2.29. The van der Waals surface area contributed by atoms with Crippen LogP contribution in [-0.2, 0) is 36.6 Å². The first kappa shape index (κ1) is 37.9. The third-order valence-electron chi connectivity index (χ3n) is 12.8. The third kappa shape index (κ3) is 6.94. The molecule has 2 atom stereocenters. The van der Waals surface area contributed by atoms with Crippen LogP contribution in [0.2, 0.25) is 0 Å². The fourth-order valence-corrected chi connectivity index (χ4v) is 10.3. The molecule has 0 saturated carbocycles. The molecular weight excluding hydrogens is 753 g/mol. The van der Waals surface area contributed by atoms with Gasteiger partial charge in [0, 0.05) is 18.4 Å². The van der Waals surface area contributed by atoms with Gasteiger partial charge in [0.1, 0.15) is 0 Å². The Hall–Kier alpha value is -5.32. The molecule has 0 bridgehead atoms. The molecule has 0 heterocycles. The monoisotopic (exact) mass is 798 g/mol. The van der Waals surface area contributed by atoms with Gasteiger partial charge in [0.15, 0.2) is 0 Å². The number of unbranched alkanes of at least 4 members (excludes halogenated alkanes) is 2. The first-order valence-corrected chi connectivity index (χ1v) is 22.2. The van der Waals surface area contributed by atoms with Gasteiger partial charge in [0.25, 0.3) is 0 Å². The van der Waals surface area contributed by atoms with Gasteiger partial charge in [-0.3, -0.25) is 0 Å². The zero-order valence-electron chi connectivity index (χ0n) is 33.4. The zero-order chi connectivity index (χ0) is 39.9. The second kappa shape index (κ2) is 16.4. The number of rotatable bonds is 8.